The first-order valence-electron chi connectivity index (χ1n) is 7.35. The van der Waals surface area contributed by atoms with Crippen molar-refractivity contribution in [1.29, 1.82) is 0 Å². The van der Waals surface area contributed by atoms with Crippen molar-refractivity contribution < 1.29 is 9.59 Å². The summed E-state index contributed by atoms with van der Waals surface area (Å²) in [4.78, 5) is 23.1. The molecule has 0 radical (unpaired) electrons. The largest absolute Gasteiger partial charge is 0.354 e. The summed E-state index contributed by atoms with van der Waals surface area (Å²) >= 11 is 0. The molecule has 0 heterocycles. The second kappa shape index (κ2) is 9.13. The van der Waals surface area contributed by atoms with E-state index in [1.807, 2.05) is 44.2 Å². The summed E-state index contributed by atoms with van der Waals surface area (Å²) in [5.74, 6) is -0.240. The molecule has 1 aromatic rings. The number of nitrogens with one attached hydrogen (secondary N) is 2. The molecule has 1 atom stereocenters. The summed E-state index contributed by atoms with van der Waals surface area (Å²) in [5.41, 5.74) is 7.03. The standard InChI is InChI=1S/C16H25N3O2/c1-12(2)15(20)18-10-11-19-16(21)14(17)9-8-13-6-4-3-5-7-13/h3-7,12,14H,8-11,17H2,1-2H3,(H,18,20)(H,19,21)/t14-/m0/s1. The topological polar surface area (TPSA) is 84.2 Å². The highest BCUT2D eigenvalue weighted by Crippen LogP contribution is 2.03. The van der Waals surface area contributed by atoms with Crippen LogP contribution in [0.25, 0.3) is 0 Å². The molecule has 0 fully saturated rings. The molecule has 0 aliphatic carbocycles. The molecule has 5 nitrogen and oxygen atoms in total. The molecule has 0 spiro atoms. The van der Waals surface area contributed by atoms with E-state index in [9.17, 15) is 9.59 Å². The Morgan fingerprint density at radius 3 is 2.19 bits per heavy atom. The van der Waals surface area contributed by atoms with Gasteiger partial charge in [0.25, 0.3) is 0 Å². The highest BCUT2D eigenvalue weighted by atomic mass is 16.2. The summed E-state index contributed by atoms with van der Waals surface area (Å²) in [6.45, 7) is 4.48. The Morgan fingerprint density at radius 2 is 1.62 bits per heavy atom. The Balaban J connectivity index is 2.18. The van der Waals surface area contributed by atoms with Crippen LogP contribution >= 0.6 is 0 Å². The van der Waals surface area contributed by atoms with Gasteiger partial charge in [-0.1, -0.05) is 44.2 Å². The quantitative estimate of drug-likeness (QED) is 0.620. The summed E-state index contributed by atoms with van der Waals surface area (Å²) in [5, 5.41) is 5.47. The zero-order valence-electron chi connectivity index (χ0n) is 12.8. The average Bonchev–Trinajstić information content (AvgIpc) is 2.49. The van der Waals surface area contributed by atoms with E-state index in [-0.39, 0.29) is 17.7 Å². The van der Waals surface area contributed by atoms with E-state index in [2.05, 4.69) is 10.6 Å². The fraction of sp³-hybridized carbons (Fsp3) is 0.500. The van der Waals surface area contributed by atoms with Crippen molar-refractivity contribution in [3.8, 4) is 0 Å². The average molecular weight is 291 g/mol. The summed E-state index contributed by atoms with van der Waals surface area (Å²) < 4.78 is 0. The van der Waals surface area contributed by atoms with Crippen molar-refractivity contribution in [3.05, 3.63) is 35.9 Å². The fourth-order valence-corrected chi connectivity index (χ4v) is 1.80. The zero-order chi connectivity index (χ0) is 15.7. The van der Waals surface area contributed by atoms with Gasteiger partial charge in [-0.25, -0.2) is 0 Å². The Labute approximate surface area is 126 Å². The Kier molecular flexibility index (Phi) is 7.46. The van der Waals surface area contributed by atoms with Crippen LogP contribution in [-0.2, 0) is 16.0 Å². The first-order valence-corrected chi connectivity index (χ1v) is 7.35. The molecule has 2 amide bonds. The molecule has 21 heavy (non-hydrogen) atoms. The van der Waals surface area contributed by atoms with Gasteiger partial charge in [0.1, 0.15) is 0 Å². The summed E-state index contributed by atoms with van der Waals surface area (Å²) in [6.07, 6.45) is 1.38. The molecule has 0 saturated carbocycles. The third-order valence-corrected chi connectivity index (χ3v) is 3.17. The molecule has 0 aromatic heterocycles. The van der Waals surface area contributed by atoms with E-state index in [1.165, 1.54) is 5.56 Å². The van der Waals surface area contributed by atoms with E-state index >= 15 is 0 Å². The lowest BCUT2D eigenvalue weighted by Gasteiger charge is -2.13. The Bertz CT molecular complexity index is 446. The minimum atomic E-state index is -0.522. The van der Waals surface area contributed by atoms with Gasteiger partial charge in [-0.15, -0.1) is 0 Å². The molecule has 1 aromatic carbocycles. The molecule has 116 valence electrons. The first kappa shape index (κ1) is 17.2. The van der Waals surface area contributed by atoms with Crippen molar-refractivity contribution in [2.24, 2.45) is 11.7 Å². The van der Waals surface area contributed by atoms with Gasteiger partial charge in [0, 0.05) is 19.0 Å². The number of amides is 2. The molecular weight excluding hydrogens is 266 g/mol. The molecule has 0 unspecified atom stereocenters. The second-order valence-corrected chi connectivity index (χ2v) is 5.37. The van der Waals surface area contributed by atoms with Crippen molar-refractivity contribution >= 4 is 11.8 Å². The number of rotatable bonds is 8. The lowest BCUT2D eigenvalue weighted by molar-refractivity contribution is -0.125. The lowest BCUT2D eigenvalue weighted by Crippen LogP contribution is -2.44. The molecular formula is C16H25N3O2. The maximum Gasteiger partial charge on any atom is 0.236 e. The van der Waals surface area contributed by atoms with Crippen molar-refractivity contribution in [2.75, 3.05) is 13.1 Å². The van der Waals surface area contributed by atoms with E-state index in [4.69, 9.17) is 5.73 Å². The van der Waals surface area contributed by atoms with Crippen LogP contribution in [0.15, 0.2) is 30.3 Å². The summed E-state index contributed by atoms with van der Waals surface area (Å²) in [7, 11) is 0. The van der Waals surface area contributed by atoms with E-state index in [0.717, 1.165) is 6.42 Å². The summed E-state index contributed by atoms with van der Waals surface area (Å²) in [6, 6.07) is 9.42. The van der Waals surface area contributed by atoms with Crippen LogP contribution in [0.3, 0.4) is 0 Å². The van der Waals surface area contributed by atoms with Gasteiger partial charge in [-0.05, 0) is 18.4 Å². The van der Waals surface area contributed by atoms with Gasteiger partial charge < -0.3 is 16.4 Å². The zero-order valence-corrected chi connectivity index (χ0v) is 12.8. The van der Waals surface area contributed by atoms with Crippen LogP contribution in [0.1, 0.15) is 25.8 Å². The number of hydrogen-bond donors (Lipinski definition) is 3. The van der Waals surface area contributed by atoms with Crippen LogP contribution < -0.4 is 16.4 Å². The molecule has 0 aliphatic rings. The van der Waals surface area contributed by atoms with E-state index in [1.54, 1.807) is 0 Å². The fourth-order valence-electron chi connectivity index (χ4n) is 1.80. The van der Waals surface area contributed by atoms with Gasteiger partial charge >= 0.3 is 0 Å². The van der Waals surface area contributed by atoms with Crippen molar-refractivity contribution in [2.45, 2.75) is 32.7 Å². The van der Waals surface area contributed by atoms with Crippen LogP contribution in [0, 0.1) is 5.92 Å². The van der Waals surface area contributed by atoms with Gasteiger partial charge in [-0.2, -0.15) is 0 Å². The number of nitrogens with two attached hydrogens (primary N) is 1. The van der Waals surface area contributed by atoms with Gasteiger partial charge in [-0.3, -0.25) is 9.59 Å². The smallest absolute Gasteiger partial charge is 0.236 e. The second-order valence-electron chi connectivity index (χ2n) is 5.37. The van der Waals surface area contributed by atoms with Crippen LogP contribution in [0.2, 0.25) is 0 Å². The highest BCUT2D eigenvalue weighted by molar-refractivity contribution is 5.81. The van der Waals surface area contributed by atoms with Gasteiger partial charge in [0.05, 0.1) is 6.04 Å². The molecule has 0 bridgehead atoms. The van der Waals surface area contributed by atoms with Gasteiger partial charge in [0.2, 0.25) is 11.8 Å². The SMILES string of the molecule is CC(C)C(=O)NCCNC(=O)[C@@H](N)CCc1ccccc1. The Hall–Kier alpha value is -1.88. The Morgan fingerprint density at radius 1 is 1.05 bits per heavy atom. The van der Waals surface area contributed by atoms with Crippen LogP contribution in [0.5, 0.6) is 0 Å². The number of carbonyl (C=O) groups excluding carboxylic acids is 2. The van der Waals surface area contributed by atoms with Crippen LogP contribution in [-0.4, -0.2) is 30.9 Å². The number of aryl methyl sites for hydroxylation is 1. The number of carbonyl (C=O) groups is 2. The molecule has 1 rings (SSSR count). The predicted octanol–water partition coefficient (Wildman–Crippen LogP) is 0.835. The first-order chi connectivity index (χ1) is 10.0. The van der Waals surface area contributed by atoms with E-state index < -0.39 is 6.04 Å². The monoisotopic (exact) mass is 291 g/mol. The molecule has 5 heteroatoms. The molecule has 4 N–H and O–H groups in total. The molecule has 0 saturated heterocycles. The minimum Gasteiger partial charge on any atom is -0.354 e. The maximum atomic E-state index is 11.8. The maximum absolute atomic E-state index is 11.8. The predicted molar refractivity (Wildman–Crippen MR) is 83.6 cm³/mol. The normalized spacial score (nSPS) is 12.0. The highest BCUT2D eigenvalue weighted by Gasteiger charge is 2.13. The number of hydrogen-bond acceptors (Lipinski definition) is 3. The third-order valence-electron chi connectivity index (χ3n) is 3.17. The molecule has 0 aliphatic heterocycles. The minimum absolute atomic E-state index is 0.0161. The third kappa shape index (κ3) is 6.90. The number of benzene rings is 1. The van der Waals surface area contributed by atoms with Gasteiger partial charge in [0.15, 0.2) is 0 Å². The van der Waals surface area contributed by atoms with Crippen molar-refractivity contribution in [1.82, 2.24) is 10.6 Å². The lowest BCUT2D eigenvalue weighted by atomic mass is 10.1. The van der Waals surface area contributed by atoms with Crippen molar-refractivity contribution in [3.63, 3.8) is 0 Å². The van der Waals surface area contributed by atoms with Crippen LogP contribution in [0.4, 0.5) is 0 Å². The van der Waals surface area contributed by atoms with E-state index in [0.29, 0.717) is 19.5 Å².